The van der Waals surface area contributed by atoms with Crippen molar-refractivity contribution in [3.05, 3.63) is 46.7 Å². The smallest absolute Gasteiger partial charge is 0.262 e. The summed E-state index contributed by atoms with van der Waals surface area (Å²) in [7, 11) is 3.04. The lowest BCUT2D eigenvalue weighted by molar-refractivity contribution is 0.585. The Hall–Kier alpha value is -1.31. The van der Waals surface area contributed by atoms with Crippen LogP contribution in [0.2, 0.25) is 5.02 Å². The van der Waals surface area contributed by atoms with Crippen LogP contribution in [0, 0.1) is 11.6 Å². The van der Waals surface area contributed by atoms with Crippen LogP contribution in [0.1, 0.15) is 5.69 Å². The van der Waals surface area contributed by atoms with Gasteiger partial charge in [-0.05, 0) is 18.2 Å². The molecule has 0 fully saturated rings. The minimum atomic E-state index is -3.83. The van der Waals surface area contributed by atoms with Crippen molar-refractivity contribution in [3.63, 3.8) is 0 Å². The standard InChI is InChI=1S/C12H10Cl2F2N2O2S/c1-18-6-8(21(14,19)20)4-7(18)5-17-10-3-2-9(15)11(13)12(10)16/h2-4,6,17H,5H2,1H3. The number of hydrogen-bond donors (Lipinski definition) is 1. The predicted molar refractivity (Wildman–Crippen MR) is 77.1 cm³/mol. The molecule has 2 rings (SSSR count). The van der Waals surface area contributed by atoms with Gasteiger partial charge in [-0.1, -0.05) is 11.6 Å². The van der Waals surface area contributed by atoms with Gasteiger partial charge in [-0.3, -0.25) is 0 Å². The highest BCUT2D eigenvalue weighted by molar-refractivity contribution is 8.13. The third-order valence-corrected chi connectivity index (χ3v) is 4.53. The predicted octanol–water partition coefficient (Wildman–Crippen LogP) is 3.50. The van der Waals surface area contributed by atoms with Crippen molar-refractivity contribution in [2.45, 2.75) is 11.4 Å². The van der Waals surface area contributed by atoms with Crippen LogP contribution in [0.15, 0.2) is 29.3 Å². The molecule has 0 unspecified atom stereocenters. The molecule has 0 spiro atoms. The van der Waals surface area contributed by atoms with Crippen LogP contribution >= 0.6 is 22.3 Å². The fourth-order valence-corrected chi connectivity index (χ4v) is 2.71. The van der Waals surface area contributed by atoms with Crippen molar-refractivity contribution >= 4 is 37.0 Å². The topological polar surface area (TPSA) is 51.1 Å². The highest BCUT2D eigenvalue weighted by Gasteiger charge is 2.15. The quantitative estimate of drug-likeness (QED) is 0.675. The molecule has 1 heterocycles. The number of halogens is 4. The van der Waals surface area contributed by atoms with E-state index in [1.807, 2.05) is 0 Å². The lowest BCUT2D eigenvalue weighted by atomic mass is 10.3. The van der Waals surface area contributed by atoms with E-state index in [2.05, 4.69) is 5.32 Å². The molecule has 2 aromatic rings. The van der Waals surface area contributed by atoms with Gasteiger partial charge >= 0.3 is 0 Å². The molecular weight excluding hydrogens is 345 g/mol. The second kappa shape index (κ2) is 5.82. The van der Waals surface area contributed by atoms with E-state index in [0.29, 0.717) is 5.69 Å². The van der Waals surface area contributed by atoms with Gasteiger partial charge in [0.2, 0.25) is 0 Å². The van der Waals surface area contributed by atoms with Crippen molar-refractivity contribution in [2.75, 3.05) is 5.32 Å². The second-order valence-electron chi connectivity index (χ2n) is 4.29. The largest absolute Gasteiger partial charge is 0.377 e. The Balaban J connectivity index is 2.21. The van der Waals surface area contributed by atoms with Gasteiger partial charge < -0.3 is 9.88 Å². The van der Waals surface area contributed by atoms with Crippen LogP contribution < -0.4 is 5.32 Å². The molecule has 0 amide bonds. The number of nitrogens with one attached hydrogen (secondary N) is 1. The van der Waals surface area contributed by atoms with E-state index < -0.39 is 25.7 Å². The average Bonchev–Trinajstić information content (AvgIpc) is 2.77. The summed E-state index contributed by atoms with van der Waals surface area (Å²) in [5, 5.41) is 2.12. The van der Waals surface area contributed by atoms with Crippen molar-refractivity contribution in [3.8, 4) is 0 Å². The van der Waals surface area contributed by atoms with E-state index >= 15 is 0 Å². The number of hydrogen-bond acceptors (Lipinski definition) is 3. The monoisotopic (exact) mass is 354 g/mol. The summed E-state index contributed by atoms with van der Waals surface area (Å²) in [5.74, 6) is -1.76. The van der Waals surface area contributed by atoms with Crippen molar-refractivity contribution < 1.29 is 17.2 Å². The van der Waals surface area contributed by atoms with Gasteiger partial charge in [-0.25, -0.2) is 17.2 Å². The van der Waals surface area contributed by atoms with Gasteiger partial charge in [-0.2, -0.15) is 0 Å². The summed E-state index contributed by atoms with van der Waals surface area (Å²) in [6, 6.07) is 3.60. The zero-order valence-corrected chi connectivity index (χ0v) is 13.0. The molecule has 21 heavy (non-hydrogen) atoms. The molecule has 4 nitrogen and oxygen atoms in total. The van der Waals surface area contributed by atoms with Gasteiger partial charge in [0, 0.05) is 29.6 Å². The number of benzene rings is 1. The highest BCUT2D eigenvalue weighted by Crippen LogP contribution is 2.26. The molecule has 114 valence electrons. The molecule has 1 aromatic heterocycles. The molecule has 0 saturated carbocycles. The lowest BCUT2D eigenvalue weighted by Gasteiger charge is -2.09. The van der Waals surface area contributed by atoms with Gasteiger partial charge in [0.25, 0.3) is 9.05 Å². The summed E-state index contributed by atoms with van der Waals surface area (Å²) in [4.78, 5) is -0.0546. The van der Waals surface area contributed by atoms with Crippen LogP contribution in [-0.4, -0.2) is 13.0 Å². The van der Waals surface area contributed by atoms with E-state index in [-0.39, 0.29) is 17.1 Å². The van der Waals surface area contributed by atoms with Gasteiger partial charge in [0.15, 0.2) is 5.82 Å². The maximum absolute atomic E-state index is 13.7. The first-order valence-corrected chi connectivity index (χ1v) is 8.36. The fourth-order valence-electron chi connectivity index (χ4n) is 1.73. The normalized spacial score (nSPS) is 11.7. The molecule has 1 N–H and O–H groups in total. The van der Waals surface area contributed by atoms with Crippen molar-refractivity contribution in [2.24, 2.45) is 7.05 Å². The van der Waals surface area contributed by atoms with Crippen LogP contribution in [0.5, 0.6) is 0 Å². The minimum Gasteiger partial charge on any atom is -0.377 e. The van der Waals surface area contributed by atoms with Gasteiger partial charge in [0.05, 0.1) is 12.2 Å². The highest BCUT2D eigenvalue weighted by atomic mass is 35.7. The average molecular weight is 355 g/mol. The molecule has 1 aromatic carbocycles. The third kappa shape index (κ3) is 3.48. The zero-order valence-electron chi connectivity index (χ0n) is 10.7. The van der Waals surface area contributed by atoms with E-state index in [9.17, 15) is 17.2 Å². The van der Waals surface area contributed by atoms with Crippen molar-refractivity contribution in [1.82, 2.24) is 4.57 Å². The molecule has 0 saturated heterocycles. The maximum Gasteiger partial charge on any atom is 0.262 e. The second-order valence-corrected chi connectivity index (χ2v) is 7.24. The Labute approximate surface area is 129 Å². The number of aryl methyl sites for hydroxylation is 1. The van der Waals surface area contributed by atoms with E-state index in [1.54, 1.807) is 7.05 Å². The Morgan fingerprint density at radius 2 is 2.00 bits per heavy atom. The molecule has 0 aliphatic carbocycles. The van der Waals surface area contributed by atoms with E-state index in [0.717, 1.165) is 6.07 Å². The Morgan fingerprint density at radius 1 is 1.33 bits per heavy atom. The molecule has 0 aliphatic rings. The van der Waals surface area contributed by atoms with E-state index in [4.69, 9.17) is 22.3 Å². The van der Waals surface area contributed by atoms with Crippen LogP contribution in [0.4, 0.5) is 14.5 Å². The summed E-state index contributed by atoms with van der Waals surface area (Å²) in [6.45, 7) is 0.113. The summed E-state index contributed by atoms with van der Waals surface area (Å²) >= 11 is 5.47. The maximum atomic E-state index is 13.7. The SMILES string of the molecule is Cn1cc(S(=O)(=O)Cl)cc1CNc1ccc(F)c(Cl)c1F. The minimum absolute atomic E-state index is 0.0119. The molecule has 9 heteroatoms. The molecule has 0 atom stereocenters. The fraction of sp³-hybridized carbons (Fsp3) is 0.167. The Kier molecular flexibility index (Phi) is 4.46. The Morgan fingerprint density at radius 3 is 2.57 bits per heavy atom. The summed E-state index contributed by atoms with van der Waals surface area (Å²) < 4.78 is 50.7. The summed E-state index contributed by atoms with van der Waals surface area (Å²) in [6.07, 6.45) is 1.34. The summed E-state index contributed by atoms with van der Waals surface area (Å²) in [5.41, 5.74) is 0.562. The van der Waals surface area contributed by atoms with Crippen LogP contribution in [0.25, 0.3) is 0 Å². The number of anilines is 1. The first-order chi connectivity index (χ1) is 9.70. The zero-order chi connectivity index (χ0) is 15.8. The Bertz CT molecular complexity index is 791. The molecule has 0 bridgehead atoms. The molecular formula is C12H10Cl2F2N2O2S. The lowest BCUT2D eigenvalue weighted by Crippen LogP contribution is -2.05. The first kappa shape index (κ1) is 16.1. The van der Waals surface area contributed by atoms with Crippen LogP contribution in [-0.2, 0) is 22.6 Å². The van der Waals surface area contributed by atoms with Gasteiger partial charge in [-0.15, -0.1) is 0 Å². The third-order valence-electron chi connectivity index (χ3n) is 2.86. The van der Waals surface area contributed by atoms with Crippen molar-refractivity contribution in [1.29, 1.82) is 0 Å². The number of aromatic nitrogens is 1. The molecule has 0 radical (unpaired) electrons. The number of nitrogens with zero attached hydrogens (tertiary/aromatic N) is 1. The first-order valence-electron chi connectivity index (χ1n) is 5.67. The van der Waals surface area contributed by atoms with Crippen LogP contribution in [0.3, 0.4) is 0 Å². The molecule has 0 aliphatic heterocycles. The van der Waals surface area contributed by atoms with E-state index in [1.165, 1.54) is 22.9 Å². The van der Waals surface area contributed by atoms with Gasteiger partial charge in [0.1, 0.15) is 15.7 Å². The number of rotatable bonds is 4.